The fraction of sp³-hybridized carbons (Fsp3) is 0.381. The summed E-state index contributed by atoms with van der Waals surface area (Å²) in [6, 6.07) is 6.26. The molecule has 0 spiro atoms. The first kappa shape index (κ1) is 19.3. The molecule has 8 heteroatoms. The van der Waals surface area contributed by atoms with Crippen molar-refractivity contribution < 1.29 is 13.9 Å². The summed E-state index contributed by atoms with van der Waals surface area (Å²) in [7, 11) is 1.60. The quantitative estimate of drug-likeness (QED) is 0.669. The lowest BCUT2D eigenvalue weighted by atomic mass is 10.1. The third kappa shape index (κ3) is 4.22. The van der Waals surface area contributed by atoms with E-state index in [9.17, 15) is 9.18 Å². The molecule has 0 unspecified atom stereocenters. The van der Waals surface area contributed by atoms with Crippen LogP contribution in [0.15, 0.2) is 30.5 Å². The second-order valence-corrected chi connectivity index (χ2v) is 7.17. The van der Waals surface area contributed by atoms with E-state index in [1.54, 1.807) is 25.4 Å². The molecule has 4 rings (SSSR count). The van der Waals surface area contributed by atoms with Crippen molar-refractivity contribution in [1.82, 2.24) is 24.8 Å². The first-order valence-electron chi connectivity index (χ1n) is 9.81. The number of halogens is 1. The van der Waals surface area contributed by atoms with Crippen LogP contribution in [0.5, 0.6) is 0 Å². The number of aromatic nitrogens is 4. The Bertz CT molecular complexity index is 993. The maximum Gasteiger partial charge on any atom is 0.272 e. The van der Waals surface area contributed by atoms with Gasteiger partial charge in [-0.3, -0.25) is 4.79 Å². The number of fused-ring (bicyclic) bond motifs is 1. The van der Waals surface area contributed by atoms with Crippen LogP contribution in [-0.4, -0.2) is 32.5 Å². The number of nitrogens with zero attached hydrogens (tertiary/aromatic N) is 3. The zero-order chi connectivity index (χ0) is 20.2. The summed E-state index contributed by atoms with van der Waals surface area (Å²) in [4.78, 5) is 24.9. The number of rotatable bonds is 6. The van der Waals surface area contributed by atoms with Gasteiger partial charge >= 0.3 is 0 Å². The monoisotopic (exact) mass is 397 g/mol. The van der Waals surface area contributed by atoms with Gasteiger partial charge in [-0.2, -0.15) is 0 Å². The molecule has 3 heterocycles. The highest BCUT2D eigenvalue weighted by Crippen LogP contribution is 2.27. The van der Waals surface area contributed by atoms with E-state index in [0.29, 0.717) is 24.7 Å². The molecule has 152 valence electrons. The normalized spacial score (nSPS) is 13.7. The van der Waals surface area contributed by atoms with Gasteiger partial charge in [0.1, 0.15) is 29.8 Å². The molecule has 0 saturated carbocycles. The van der Waals surface area contributed by atoms with E-state index >= 15 is 0 Å². The highest BCUT2D eigenvalue weighted by molar-refractivity contribution is 5.94. The maximum absolute atomic E-state index is 13.3. The molecule has 0 fully saturated rings. The van der Waals surface area contributed by atoms with Gasteiger partial charge in [-0.25, -0.2) is 14.4 Å². The van der Waals surface area contributed by atoms with Crippen molar-refractivity contribution in [3.63, 3.8) is 0 Å². The maximum atomic E-state index is 13.3. The smallest absolute Gasteiger partial charge is 0.272 e. The van der Waals surface area contributed by atoms with E-state index in [1.165, 1.54) is 12.1 Å². The van der Waals surface area contributed by atoms with Crippen molar-refractivity contribution in [2.45, 2.75) is 45.4 Å². The number of nitrogens with one attached hydrogen (secondary N) is 2. The Kier molecular flexibility index (Phi) is 5.71. The second-order valence-electron chi connectivity index (χ2n) is 7.17. The predicted molar refractivity (Wildman–Crippen MR) is 106 cm³/mol. The molecule has 1 aromatic carbocycles. The van der Waals surface area contributed by atoms with Crippen LogP contribution in [0.3, 0.4) is 0 Å². The van der Waals surface area contributed by atoms with Crippen molar-refractivity contribution in [2.75, 3.05) is 7.11 Å². The molecule has 0 aliphatic carbocycles. The third-order valence-electron chi connectivity index (χ3n) is 5.09. The van der Waals surface area contributed by atoms with E-state index in [-0.39, 0.29) is 11.7 Å². The van der Waals surface area contributed by atoms with E-state index < -0.39 is 0 Å². The highest BCUT2D eigenvalue weighted by Gasteiger charge is 2.24. The number of ether oxygens (including phenoxy) is 1. The summed E-state index contributed by atoms with van der Waals surface area (Å²) >= 11 is 0. The van der Waals surface area contributed by atoms with Crippen molar-refractivity contribution in [2.24, 2.45) is 0 Å². The van der Waals surface area contributed by atoms with Gasteiger partial charge in [0.05, 0.1) is 24.1 Å². The van der Waals surface area contributed by atoms with E-state index in [2.05, 4.69) is 24.8 Å². The number of H-pyrrole nitrogens is 1. The Hall–Kier alpha value is -3.00. The van der Waals surface area contributed by atoms with Crippen LogP contribution in [-0.2, 0) is 30.9 Å². The molecule has 2 aromatic heterocycles. The van der Waals surface area contributed by atoms with Crippen molar-refractivity contribution in [1.29, 1.82) is 0 Å². The fourth-order valence-electron chi connectivity index (χ4n) is 3.69. The van der Waals surface area contributed by atoms with Crippen LogP contribution < -0.4 is 5.32 Å². The van der Waals surface area contributed by atoms with E-state index in [1.807, 2.05) is 0 Å². The first-order valence-corrected chi connectivity index (χ1v) is 9.81. The van der Waals surface area contributed by atoms with Crippen LogP contribution in [0.2, 0.25) is 0 Å². The van der Waals surface area contributed by atoms with E-state index in [0.717, 1.165) is 55.0 Å². The Morgan fingerprint density at radius 3 is 2.90 bits per heavy atom. The van der Waals surface area contributed by atoms with Gasteiger partial charge in [-0.1, -0.05) is 6.42 Å². The lowest BCUT2D eigenvalue weighted by Crippen LogP contribution is -2.24. The van der Waals surface area contributed by atoms with Gasteiger partial charge in [0.2, 0.25) is 0 Å². The summed E-state index contributed by atoms with van der Waals surface area (Å²) in [6.45, 7) is 1.53. The molecule has 0 radical (unpaired) electrons. The van der Waals surface area contributed by atoms with Gasteiger partial charge in [0.15, 0.2) is 0 Å². The highest BCUT2D eigenvalue weighted by atomic mass is 19.1. The number of carbonyl (C=O) groups is 1. The van der Waals surface area contributed by atoms with Crippen molar-refractivity contribution in [3.05, 3.63) is 59.2 Å². The minimum Gasteiger partial charge on any atom is -0.377 e. The van der Waals surface area contributed by atoms with E-state index in [4.69, 9.17) is 4.74 Å². The summed E-state index contributed by atoms with van der Waals surface area (Å²) in [5.74, 6) is 0.927. The first-order chi connectivity index (χ1) is 14.2. The topological polar surface area (TPSA) is 84.8 Å². The average Bonchev–Trinajstić information content (AvgIpc) is 3.24. The zero-order valence-electron chi connectivity index (χ0n) is 16.4. The molecular formula is C21H24FN5O2. The summed E-state index contributed by atoms with van der Waals surface area (Å²) < 4.78 is 20.5. The third-order valence-corrected chi connectivity index (χ3v) is 5.09. The van der Waals surface area contributed by atoms with Gasteiger partial charge in [0, 0.05) is 19.2 Å². The zero-order valence-corrected chi connectivity index (χ0v) is 16.4. The number of hydrogen-bond acceptors (Lipinski definition) is 4. The molecule has 1 aliphatic heterocycles. The molecule has 0 bridgehead atoms. The summed E-state index contributed by atoms with van der Waals surface area (Å²) in [6.07, 6.45) is 5.66. The standard InChI is InChI=1S/C21H24FN5O2/c1-29-13-18-23-11-16(25-18)12-24-21(28)19-17-5-3-2-4-10-27(17)20(26-19)14-6-8-15(22)9-7-14/h6-9,11H,2-5,10,12-13H2,1H3,(H,23,25)(H,24,28). The number of hydrogen-bond donors (Lipinski definition) is 2. The van der Waals surface area contributed by atoms with Gasteiger partial charge in [-0.15, -0.1) is 0 Å². The van der Waals surface area contributed by atoms with Crippen molar-refractivity contribution in [3.8, 4) is 11.4 Å². The fourth-order valence-corrected chi connectivity index (χ4v) is 3.69. The SMILES string of the molecule is COCc1ncc(CNC(=O)c2nc(-c3ccc(F)cc3)n3c2CCCCC3)[nH]1. The number of carbonyl (C=O) groups excluding carboxylic acids is 1. The van der Waals surface area contributed by atoms with Crippen LogP contribution in [0, 0.1) is 5.82 Å². The average molecular weight is 397 g/mol. The molecule has 2 N–H and O–H groups in total. The van der Waals surface area contributed by atoms with Crippen LogP contribution in [0.25, 0.3) is 11.4 Å². The molecule has 3 aromatic rings. The van der Waals surface area contributed by atoms with Crippen LogP contribution in [0.4, 0.5) is 4.39 Å². The molecule has 7 nitrogen and oxygen atoms in total. The number of aromatic amines is 1. The van der Waals surface area contributed by atoms with Crippen molar-refractivity contribution >= 4 is 5.91 Å². The largest absolute Gasteiger partial charge is 0.377 e. The van der Waals surface area contributed by atoms with Crippen LogP contribution >= 0.6 is 0 Å². The minimum atomic E-state index is -0.290. The number of imidazole rings is 2. The molecule has 1 amide bonds. The molecule has 0 atom stereocenters. The summed E-state index contributed by atoms with van der Waals surface area (Å²) in [5.41, 5.74) is 3.01. The second kappa shape index (κ2) is 8.57. The lowest BCUT2D eigenvalue weighted by Gasteiger charge is -2.09. The number of amides is 1. The van der Waals surface area contributed by atoms with Gasteiger partial charge in [0.25, 0.3) is 5.91 Å². The lowest BCUT2D eigenvalue weighted by molar-refractivity contribution is 0.0944. The molecule has 29 heavy (non-hydrogen) atoms. The summed E-state index contributed by atoms with van der Waals surface area (Å²) in [5, 5.41) is 2.93. The Morgan fingerprint density at radius 2 is 2.10 bits per heavy atom. The van der Waals surface area contributed by atoms with Crippen LogP contribution in [0.1, 0.15) is 47.0 Å². The Labute approximate surface area is 168 Å². The molecule has 0 saturated heterocycles. The number of methoxy groups -OCH3 is 1. The van der Waals surface area contributed by atoms with Gasteiger partial charge < -0.3 is 19.6 Å². The molecule has 1 aliphatic rings. The minimum absolute atomic E-state index is 0.216. The molecular weight excluding hydrogens is 373 g/mol. The Balaban J connectivity index is 1.58. The Morgan fingerprint density at radius 1 is 1.28 bits per heavy atom. The van der Waals surface area contributed by atoms with Gasteiger partial charge in [-0.05, 0) is 43.5 Å². The predicted octanol–water partition coefficient (Wildman–Crippen LogP) is 3.22. The number of benzene rings is 1.